The van der Waals surface area contributed by atoms with E-state index in [4.69, 9.17) is 0 Å². The van der Waals surface area contributed by atoms with Crippen LogP contribution in [0.15, 0.2) is 36.5 Å². The van der Waals surface area contributed by atoms with E-state index in [9.17, 15) is 40.3 Å². The number of anilines is 1. The molecule has 5 nitrogen and oxygen atoms in total. The number of alkyl halides is 6. The molecular weight excluding hydrogens is 435 g/mol. The van der Waals surface area contributed by atoms with Crippen molar-refractivity contribution >= 4 is 17.6 Å². The fraction of sp³-hybridized carbons (Fsp3) is 0.316. The van der Waals surface area contributed by atoms with Crippen LogP contribution in [-0.2, 0) is 23.7 Å². The lowest BCUT2D eigenvalue weighted by Crippen LogP contribution is -2.43. The van der Waals surface area contributed by atoms with Crippen molar-refractivity contribution in [2.75, 3.05) is 4.90 Å². The van der Waals surface area contributed by atoms with Crippen LogP contribution in [-0.4, -0.2) is 27.4 Å². The van der Waals surface area contributed by atoms with Gasteiger partial charge in [0.1, 0.15) is 17.1 Å². The minimum absolute atomic E-state index is 0.166. The lowest BCUT2D eigenvalue weighted by atomic mass is 10.0. The van der Waals surface area contributed by atoms with Crippen LogP contribution in [0.5, 0.6) is 0 Å². The van der Waals surface area contributed by atoms with Crippen molar-refractivity contribution in [3.05, 3.63) is 59.2 Å². The number of hydrogen-bond acceptors (Lipinski definition) is 3. The molecule has 3 amide bonds. The highest BCUT2D eigenvalue weighted by atomic mass is 19.4. The number of imide groups is 1. The molecule has 0 saturated carbocycles. The summed E-state index contributed by atoms with van der Waals surface area (Å²) < 4.78 is 90.6. The Bertz CT molecular complexity index is 1030. The minimum Gasteiger partial charge on any atom is -0.305 e. The van der Waals surface area contributed by atoms with Crippen molar-refractivity contribution in [2.45, 2.75) is 38.3 Å². The number of carbonyl (C=O) groups is 2. The van der Waals surface area contributed by atoms with E-state index in [1.54, 1.807) is 0 Å². The van der Waals surface area contributed by atoms with Gasteiger partial charge in [-0.25, -0.2) is 14.1 Å². The molecule has 1 fully saturated rings. The fourth-order valence-corrected chi connectivity index (χ4v) is 3.07. The molecule has 1 aliphatic rings. The Morgan fingerprint density at radius 1 is 0.968 bits per heavy atom. The van der Waals surface area contributed by atoms with E-state index >= 15 is 0 Å². The highest BCUT2D eigenvalue weighted by Crippen LogP contribution is 2.38. The molecule has 0 unspecified atom stereocenters. The molecule has 2 aromatic rings. The first-order chi connectivity index (χ1) is 14.1. The van der Waals surface area contributed by atoms with Gasteiger partial charge in [-0.1, -0.05) is 6.07 Å². The maximum absolute atomic E-state index is 13.6. The number of pyridine rings is 1. The number of benzene rings is 1. The number of halogens is 7. The molecule has 0 bridgehead atoms. The fourth-order valence-electron chi connectivity index (χ4n) is 3.07. The predicted octanol–water partition coefficient (Wildman–Crippen LogP) is 5.01. The maximum atomic E-state index is 13.6. The second kappa shape index (κ2) is 7.20. The number of carbonyl (C=O) groups excluding carboxylic acids is 2. The van der Waals surface area contributed by atoms with Crippen LogP contribution in [0.25, 0.3) is 0 Å². The predicted molar refractivity (Wildman–Crippen MR) is 93.1 cm³/mol. The van der Waals surface area contributed by atoms with E-state index < -0.39 is 52.6 Å². The molecule has 1 aromatic heterocycles. The number of nitrogens with zero attached hydrogens (tertiary/aromatic N) is 3. The zero-order chi connectivity index (χ0) is 23.4. The molecule has 0 atom stereocenters. The first-order valence-electron chi connectivity index (χ1n) is 8.69. The maximum Gasteiger partial charge on any atom is 0.433 e. The number of aromatic nitrogens is 1. The van der Waals surface area contributed by atoms with Crippen LogP contribution in [0.1, 0.15) is 30.7 Å². The quantitative estimate of drug-likeness (QED) is 0.489. The third kappa shape index (κ3) is 4.06. The highest BCUT2D eigenvalue weighted by molar-refractivity contribution is 6.22. The molecule has 31 heavy (non-hydrogen) atoms. The van der Waals surface area contributed by atoms with Gasteiger partial charge in [-0.2, -0.15) is 26.3 Å². The Morgan fingerprint density at radius 3 is 2.13 bits per heavy atom. The zero-order valence-corrected chi connectivity index (χ0v) is 16.0. The topological polar surface area (TPSA) is 53.5 Å². The molecule has 2 heterocycles. The highest BCUT2D eigenvalue weighted by Gasteiger charge is 2.52. The van der Waals surface area contributed by atoms with Crippen molar-refractivity contribution < 1.29 is 40.3 Å². The largest absolute Gasteiger partial charge is 0.433 e. The molecule has 1 saturated heterocycles. The van der Waals surface area contributed by atoms with Crippen LogP contribution < -0.4 is 4.90 Å². The normalized spacial score (nSPS) is 16.9. The summed E-state index contributed by atoms with van der Waals surface area (Å²) in [5.41, 5.74) is -4.64. The van der Waals surface area contributed by atoms with Gasteiger partial charge >= 0.3 is 18.4 Å². The van der Waals surface area contributed by atoms with E-state index in [1.165, 1.54) is 13.8 Å². The van der Waals surface area contributed by atoms with Crippen molar-refractivity contribution in [1.29, 1.82) is 0 Å². The van der Waals surface area contributed by atoms with Gasteiger partial charge in [0.15, 0.2) is 0 Å². The number of urea groups is 1. The monoisotopic (exact) mass is 449 g/mol. The van der Waals surface area contributed by atoms with Crippen LogP contribution in [0.2, 0.25) is 0 Å². The minimum atomic E-state index is -5.05. The Labute approximate surface area is 171 Å². The van der Waals surface area contributed by atoms with Gasteiger partial charge in [-0.3, -0.25) is 9.78 Å². The Morgan fingerprint density at radius 2 is 1.61 bits per heavy atom. The average Bonchev–Trinajstić information content (AvgIpc) is 2.81. The molecule has 3 rings (SSSR count). The SMILES string of the molecule is CC1(C)C(=O)N(c2ccc(F)c(C(F)(F)F)c2)C(=O)N1Cc1ccc(C(F)(F)F)nc1. The summed E-state index contributed by atoms with van der Waals surface area (Å²) in [4.78, 5) is 30.4. The Kier molecular flexibility index (Phi) is 5.23. The van der Waals surface area contributed by atoms with Crippen LogP contribution in [0.4, 0.5) is 41.2 Å². The second-order valence-corrected chi connectivity index (χ2v) is 7.28. The molecular formula is C19H14F7N3O2. The molecule has 0 radical (unpaired) electrons. The molecule has 1 aliphatic heterocycles. The summed E-state index contributed by atoms with van der Waals surface area (Å²) in [7, 11) is 0. The number of hydrogen-bond donors (Lipinski definition) is 0. The number of amides is 3. The summed E-state index contributed by atoms with van der Waals surface area (Å²) in [5, 5.41) is 0. The van der Waals surface area contributed by atoms with E-state index in [2.05, 4.69) is 4.98 Å². The van der Waals surface area contributed by atoms with Gasteiger partial charge in [-0.05, 0) is 43.7 Å². The Hall–Kier alpha value is -3.18. The van der Waals surface area contributed by atoms with Gasteiger partial charge in [0.05, 0.1) is 17.8 Å². The Balaban J connectivity index is 1.94. The van der Waals surface area contributed by atoms with Crippen molar-refractivity contribution in [2.24, 2.45) is 0 Å². The van der Waals surface area contributed by atoms with E-state index in [1.807, 2.05) is 0 Å². The summed E-state index contributed by atoms with van der Waals surface area (Å²) in [6.45, 7) is 2.34. The lowest BCUT2D eigenvalue weighted by Gasteiger charge is -2.27. The lowest BCUT2D eigenvalue weighted by molar-refractivity contribution is -0.141. The summed E-state index contributed by atoms with van der Waals surface area (Å²) >= 11 is 0. The van der Waals surface area contributed by atoms with Gasteiger partial charge in [0, 0.05) is 6.20 Å². The molecule has 0 spiro atoms. The molecule has 12 heteroatoms. The standard InChI is InChI=1S/C19H14F7N3O2/c1-17(2)15(30)29(11-4-5-13(20)12(7-11)18(21,22)23)16(31)28(17)9-10-3-6-14(27-8-10)19(24,25)26/h3-8H,9H2,1-2H3. The van der Waals surface area contributed by atoms with Crippen molar-refractivity contribution in [3.63, 3.8) is 0 Å². The zero-order valence-electron chi connectivity index (χ0n) is 16.0. The van der Waals surface area contributed by atoms with Crippen LogP contribution >= 0.6 is 0 Å². The molecule has 0 aliphatic carbocycles. The first kappa shape index (κ1) is 22.5. The molecule has 166 valence electrons. The van der Waals surface area contributed by atoms with Crippen molar-refractivity contribution in [1.82, 2.24) is 9.88 Å². The summed E-state index contributed by atoms with van der Waals surface area (Å²) in [5.74, 6) is -2.45. The van der Waals surface area contributed by atoms with Gasteiger partial charge in [-0.15, -0.1) is 0 Å². The van der Waals surface area contributed by atoms with Gasteiger partial charge in [0.2, 0.25) is 0 Å². The summed E-state index contributed by atoms with van der Waals surface area (Å²) in [6, 6.07) is 2.48. The first-order valence-corrected chi connectivity index (χ1v) is 8.69. The molecule has 1 aromatic carbocycles. The second-order valence-electron chi connectivity index (χ2n) is 7.28. The van der Waals surface area contributed by atoms with E-state index in [0.717, 1.165) is 23.2 Å². The summed E-state index contributed by atoms with van der Waals surface area (Å²) in [6.07, 6.45) is -8.82. The van der Waals surface area contributed by atoms with Crippen LogP contribution in [0, 0.1) is 5.82 Å². The third-order valence-electron chi connectivity index (χ3n) is 4.79. The number of rotatable bonds is 3. The third-order valence-corrected chi connectivity index (χ3v) is 4.79. The van der Waals surface area contributed by atoms with E-state index in [0.29, 0.717) is 23.1 Å². The average molecular weight is 449 g/mol. The smallest absolute Gasteiger partial charge is 0.305 e. The van der Waals surface area contributed by atoms with Crippen LogP contribution in [0.3, 0.4) is 0 Å². The van der Waals surface area contributed by atoms with Gasteiger partial charge in [0.25, 0.3) is 5.91 Å². The van der Waals surface area contributed by atoms with E-state index in [-0.39, 0.29) is 12.1 Å². The van der Waals surface area contributed by atoms with Crippen molar-refractivity contribution in [3.8, 4) is 0 Å². The van der Waals surface area contributed by atoms with Gasteiger partial charge < -0.3 is 4.90 Å². The molecule has 0 N–H and O–H groups in total.